The van der Waals surface area contributed by atoms with Crippen LogP contribution in [0.15, 0.2) is 78.9 Å². The number of amides is 3. The molecular weight excluding hydrogens is 478 g/mol. The van der Waals surface area contributed by atoms with Gasteiger partial charge in [0.15, 0.2) is 11.5 Å². The van der Waals surface area contributed by atoms with Crippen LogP contribution in [0.5, 0.6) is 11.5 Å². The lowest BCUT2D eigenvalue weighted by atomic mass is 9.97. The molecule has 0 aliphatic carbocycles. The molecular formula is C31H37N3O4. The quantitative estimate of drug-likeness (QED) is 0.463. The standard InChI is InChI=1S/C31H37N3O4/c1-22(2)26-21-33(29(35)20-23-15-16-27(37-3)28(19-23)38-4)17-18-34(26)31(36)32-30(24-11-7-5-8-12-24)25-13-9-6-10-14-25/h5-16,19,22,26,30H,17-18,20-21H2,1-4H3,(H,32,36). The highest BCUT2D eigenvalue weighted by molar-refractivity contribution is 5.80. The first-order valence-corrected chi connectivity index (χ1v) is 13.1. The van der Waals surface area contributed by atoms with E-state index in [-0.39, 0.29) is 36.4 Å². The SMILES string of the molecule is COc1ccc(CC(=O)N2CCN(C(=O)NC(c3ccccc3)c3ccccc3)C(C(C)C)C2)cc1OC. The molecule has 3 aromatic carbocycles. The van der Waals surface area contributed by atoms with Crippen molar-refractivity contribution in [3.05, 3.63) is 95.6 Å². The van der Waals surface area contributed by atoms with Gasteiger partial charge in [-0.15, -0.1) is 0 Å². The van der Waals surface area contributed by atoms with Crippen LogP contribution in [0.2, 0.25) is 0 Å². The minimum atomic E-state index is -0.262. The molecule has 0 saturated carbocycles. The van der Waals surface area contributed by atoms with Crippen LogP contribution in [0, 0.1) is 5.92 Å². The van der Waals surface area contributed by atoms with Crippen LogP contribution in [0.1, 0.15) is 36.6 Å². The number of benzene rings is 3. The van der Waals surface area contributed by atoms with Crippen LogP contribution >= 0.6 is 0 Å². The van der Waals surface area contributed by atoms with Gasteiger partial charge in [0.2, 0.25) is 5.91 Å². The summed E-state index contributed by atoms with van der Waals surface area (Å²) in [5.74, 6) is 1.46. The van der Waals surface area contributed by atoms with Crippen LogP contribution in [0.3, 0.4) is 0 Å². The predicted octanol–water partition coefficient (Wildman–Crippen LogP) is 4.91. The number of methoxy groups -OCH3 is 2. The molecule has 0 bridgehead atoms. The molecule has 0 radical (unpaired) electrons. The van der Waals surface area contributed by atoms with E-state index < -0.39 is 0 Å². The van der Waals surface area contributed by atoms with Crippen LogP contribution in [0.4, 0.5) is 4.79 Å². The highest BCUT2D eigenvalue weighted by atomic mass is 16.5. The monoisotopic (exact) mass is 515 g/mol. The molecule has 3 amide bonds. The second-order valence-electron chi connectivity index (χ2n) is 9.91. The summed E-state index contributed by atoms with van der Waals surface area (Å²) in [7, 11) is 3.17. The molecule has 7 nitrogen and oxygen atoms in total. The van der Waals surface area contributed by atoms with E-state index in [9.17, 15) is 9.59 Å². The molecule has 3 aromatic rings. The first-order chi connectivity index (χ1) is 18.4. The van der Waals surface area contributed by atoms with Crippen molar-refractivity contribution in [2.75, 3.05) is 33.9 Å². The van der Waals surface area contributed by atoms with Gasteiger partial charge in [0, 0.05) is 19.6 Å². The van der Waals surface area contributed by atoms with Gasteiger partial charge < -0.3 is 24.6 Å². The number of hydrogen-bond acceptors (Lipinski definition) is 4. The maximum atomic E-state index is 13.7. The second kappa shape index (κ2) is 12.5. The highest BCUT2D eigenvalue weighted by Crippen LogP contribution is 2.28. The molecule has 200 valence electrons. The summed E-state index contributed by atoms with van der Waals surface area (Å²) in [5.41, 5.74) is 2.91. The smallest absolute Gasteiger partial charge is 0.318 e. The first kappa shape index (κ1) is 27.0. The first-order valence-electron chi connectivity index (χ1n) is 13.1. The van der Waals surface area contributed by atoms with Gasteiger partial charge in [-0.1, -0.05) is 80.6 Å². The predicted molar refractivity (Wildman–Crippen MR) is 148 cm³/mol. The largest absolute Gasteiger partial charge is 0.493 e. The summed E-state index contributed by atoms with van der Waals surface area (Å²) >= 11 is 0. The second-order valence-corrected chi connectivity index (χ2v) is 9.91. The average Bonchev–Trinajstić information content (AvgIpc) is 2.96. The zero-order valence-electron chi connectivity index (χ0n) is 22.6. The van der Waals surface area contributed by atoms with Gasteiger partial charge in [-0.25, -0.2) is 4.79 Å². The van der Waals surface area contributed by atoms with Crippen molar-refractivity contribution in [2.24, 2.45) is 5.92 Å². The summed E-state index contributed by atoms with van der Waals surface area (Å²) < 4.78 is 10.7. The Balaban J connectivity index is 1.46. The van der Waals surface area contributed by atoms with Crippen molar-refractivity contribution in [3.8, 4) is 11.5 Å². The third kappa shape index (κ3) is 6.28. The van der Waals surface area contributed by atoms with Crippen molar-refractivity contribution >= 4 is 11.9 Å². The fraction of sp³-hybridized carbons (Fsp3) is 0.355. The van der Waals surface area contributed by atoms with E-state index in [1.807, 2.05) is 88.7 Å². The molecule has 0 spiro atoms. The van der Waals surface area contributed by atoms with Crippen molar-refractivity contribution < 1.29 is 19.1 Å². The summed E-state index contributed by atoms with van der Waals surface area (Å²) in [6.45, 7) is 5.66. The Morgan fingerprint density at radius 1 is 0.868 bits per heavy atom. The van der Waals surface area contributed by atoms with Crippen molar-refractivity contribution in [3.63, 3.8) is 0 Å². The average molecular weight is 516 g/mol. The van der Waals surface area contributed by atoms with Gasteiger partial charge in [0.05, 0.1) is 32.7 Å². The van der Waals surface area contributed by atoms with Crippen LogP contribution in [0.25, 0.3) is 0 Å². The van der Waals surface area contributed by atoms with Crippen molar-refractivity contribution in [1.29, 1.82) is 0 Å². The summed E-state index contributed by atoms with van der Waals surface area (Å²) in [5, 5.41) is 3.27. The lowest BCUT2D eigenvalue weighted by molar-refractivity contribution is -0.133. The Morgan fingerprint density at radius 2 is 1.47 bits per heavy atom. The fourth-order valence-electron chi connectivity index (χ4n) is 4.99. The molecule has 1 atom stereocenters. The number of carbonyl (C=O) groups is 2. The number of urea groups is 1. The molecule has 1 N–H and O–H groups in total. The molecule has 1 fully saturated rings. The van der Waals surface area contributed by atoms with Gasteiger partial charge in [-0.05, 0) is 34.7 Å². The third-order valence-corrected chi connectivity index (χ3v) is 7.14. The van der Waals surface area contributed by atoms with E-state index in [2.05, 4.69) is 19.2 Å². The van der Waals surface area contributed by atoms with E-state index in [0.717, 1.165) is 16.7 Å². The Morgan fingerprint density at radius 3 is 2.03 bits per heavy atom. The van der Waals surface area contributed by atoms with Crippen LogP contribution < -0.4 is 14.8 Å². The topological polar surface area (TPSA) is 71.1 Å². The number of ether oxygens (including phenoxy) is 2. The number of carbonyl (C=O) groups excluding carboxylic acids is 2. The van der Waals surface area contributed by atoms with Crippen molar-refractivity contribution in [1.82, 2.24) is 15.1 Å². The number of rotatable bonds is 8. The number of piperazine rings is 1. The van der Waals surface area contributed by atoms with E-state index in [4.69, 9.17) is 9.47 Å². The Kier molecular flexibility index (Phi) is 8.89. The van der Waals surface area contributed by atoms with E-state index in [0.29, 0.717) is 31.1 Å². The summed E-state index contributed by atoms with van der Waals surface area (Å²) in [4.78, 5) is 30.7. The molecule has 4 rings (SSSR count). The fourth-order valence-corrected chi connectivity index (χ4v) is 4.99. The third-order valence-electron chi connectivity index (χ3n) is 7.14. The minimum absolute atomic E-state index is 0.0365. The maximum Gasteiger partial charge on any atom is 0.318 e. The maximum absolute atomic E-state index is 13.7. The molecule has 0 aromatic heterocycles. The van der Waals surface area contributed by atoms with E-state index in [1.165, 1.54) is 0 Å². The Hall–Kier alpha value is -4.00. The summed E-state index contributed by atoms with van der Waals surface area (Å²) in [6, 6.07) is 25.1. The molecule has 1 unspecified atom stereocenters. The lowest BCUT2D eigenvalue weighted by Crippen LogP contribution is -2.60. The number of nitrogens with zero attached hydrogens (tertiary/aromatic N) is 2. The Bertz CT molecular complexity index is 1180. The number of nitrogens with one attached hydrogen (secondary N) is 1. The molecule has 38 heavy (non-hydrogen) atoms. The highest BCUT2D eigenvalue weighted by Gasteiger charge is 2.35. The molecule has 1 heterocycles. The van der Waals surface area contributed by atoms with Crippen molar-refractivity contribution in [2.45, 2.75) is 32.4 Å². The van der Waals surface area contributed by atoms with Crippen LogP contribution in [-0.4, -0.2) is 61.6 Å². The lowest BCUT2D eigenvalue weighted by Gasteiger charge is -2.43. The van der Waals surface area contributed by atoms with Gasteiger partial charge in [0.1, 0.15) is 0 Å². The normalized spacial score (nSPS) is 15.5. The zero-order valence-corrected chi connectivity index (χ0v) is 22.6. The zero-order chi connectivity index (χ0) is 27.1. The van der Waals surface area contributed by atoms with Crippen LogP contribution in [-0.2, 0) is 11.2 Å². The molecule has 1 aliphatic heterocycles. The molecule has 1 saturated heterocycles. The molecule has 1 aliphatic rings. The molecule has 7 heteroatoms. The van der Waals surface area contributed by atoms with Gasteiger partial charge in [0.25, 0.3) is 0 Å². The van der Waals surface area contributed by atoms with Gasteiger partial charge in [-0.3, -0.25) is 4.79 Å². The van der Waals surface area contributed by atoms with Gasteiger partial charge >= 0.3 is 6.03 Å². The van der Waals surface area contributed by atoms with E-state index >= 15 is 0 Å². The number of hydrogen-bond donors (Lipinski definition) is 1. The minimum Gasteiger partial charge on any atom is -0.493 e. The summed E-state index contributed by atoms with van der Waals surface area (Å²) in [6.07, 6.45) is 0.265. The van der Waals surface area contributed by atoms with Gasteiger partial charge in [-0.2, -0.15) is 0 Å². The van der Waals surface area contributed by atoms with E-state index in [1.54, 1.807) is 14.2 Å². The Labute approximate surface area is 225 Å².